The van der Waals surface area contributed by atoms with Gasteiger partial charge in [0.05, 0.1) is 19.3 Å². The van der Waals surface area contributed by atoms with Gasteiger partial charge in [-0.15, -0.1) is 0 Å². The Morgan fingerprint density at radius 2 is 1.46 bits per heavy atom. The third-order valence-electron chi connectivity index (χ3n) is 3.33. The molecule has 0 fully saturated rings. The van der Waals surface area contributed by atoms with Crippen molar-refractivity contribution in [3.8, 4) is 0 Å². The van der Waals surface area contributed by atoms with Crippen molar-refractivity contribution in [1.29, 1.82) is 0 Å². The van der Waals surface area contributed by atoms with Gasteiger partial charge in [-0.2, -0.15) is 13.2 Å². The number of hydrogen-bond acceptors (Lipinski definition) is 6. The van der Waals surface area contributed by atoms with Crippen molar-refractivity contribution in [2.24, 2.45) is 0 Å². The van der Waals surface area contributed by atoms with Gasteiger partial charge in [0.1, 0.15) is 0 Å². The van der Waals surface area contributed by atoms with Crippen LogP contribution in [0.25, 0.3) is 0 Å². The molecule has 0 heterocycles. The molecule has 0 aliphatic carbocycles. The van der Waals surface area contributed by atoms with E-state index in [1.807, 2.05) is 0 Å². The largest absolute Gasteiger partial charge is 0.467 e. The van der Waals surface area contributed by atoms with Crippen LogP contribution >= 0.6 is 7.60 Å². The average Bonchev–Trinajstić information content (AvgIpc) is 2.56. The van der Waals surface area contributed by atoms with Gasteiger partial charge in [-0.05, 0) is 39.8 Å². The summed E-state index contributed by atoms with van der Waals surface area (Å²) >= 11 is 0. The van der Waals surface area contributed by atoms with Gasteiger partial charge in [-0.1, -0.05) is 18.2 Å². The van der Waals surface area contributed by atoms with Crippen molar-refractivity contribution < 1.29 is 41.1 Å². The van der Waals surface area contributed by atoms with Crippen molar-refractivity contribution in [1.82, 2.24) is 5.32 Å². The van der Waals surface area contributed by atoms with Crippen LogP contribution in [0.4, 0.5) is 13.2 Å². The van der Waals surface area contributed by atoms with Gasteiger partial charge in [0.25, 0.3) is 5.91 Å². The SMILES string of the molecule is COC(=O)[C@](NC(=O)c1ccccc1)(C(F)(F)F)P(=O)(OC(C)C)OC(C)C. The van der Waals surface area contributed by atoms with Crippen LogP contribution in [-0.2, 0) is 23.1 Å². The summed E-state index contributed by atoms with van der Waals surface area (Å²) in [6.07, 6.45) is -7.61. The van der Waals surface area contributed by atoms with Gasteiger partial charge >= 0.3 is 25.0 Å². The highest BCUT2D eigenvalue weighted by molar-refractivity contribution is 7.57. The number of benzene rings is 1. The molecule has 0 radical (unpaired) electrons. The number of hydrogen-bond donors (Lipinski definition) is 1. The second-order valence-electron chi connectivity index (χ2n) is 6.33. The van der Waals surface area contributed by atoms with Crippen LogP contribution < -0.4 is 5.32 Å². The number of carbonyl (C=O) groups is 2. The van der Waals surface area contributed by atoms with E-state index in [2.05, 4.69) is 4.74 Å². The van der Waals surface area contributed by atoms with E-state index in [4.69, 9.17) is 9.05 Å². The lowest BCUT2D eigenvalue weighted by Crippen LogP contribution is -2.64. The molecule has 0 unspecified atom stereocenters. The molecule has 0 spiro atoms. The van der Waals surface area contributed by atoms with E-state index in [9.17, 15) is 27.3 Å². The van der Waals surface area contributed by atoms with Crippen LogP contribution in [0.3, 0.4) is 0 Å². The molecule has 0 aliphatic rings. The predicted octanol–water partition coefficient (Wildman–Crippen LogP) is 3.89. The zero-order valence-corrected chi connectivity index (χ0v) is 17.0. The summed E-state index contributed by atoms with van der Waals surface area (Å²) < 4.78 is 70.4. The molecule has 0 aliphatic heterocycles. The summed E-state index contributed by atoms with van der Waals surface area (Å²) in [7, 11) is -4.70. The number of methoxy groups -OCH3 is 1. The molecule has 1 aromatic carbocycles. The summed E-state index contributed by atoms with van der Waals surface area (Å²) in [5, 5.41) is -2.52. The fraction of sp³-hybridized carbons (Fsp3) is 0.529. The smallest absolute Gasteiger partial charge is 0.434 e. The van der Waals surface area contributed by atoms with E-state index in [1.165, 1.54) is 57.3 Å². The predicted molar refractivity (Wildman–Crippen MR) is 94.8 cm³/mol. The van der Waals surface area contributed by atoms with E-state index in [-0.39, 0.29) is 5.56 Å². The number of esters is 1. The summed E-state index contributed by atoms with van der Waals surface area (Å²) in [4.78, 5) is 24.9. The Balaban J connectivity index is 3.71. The zero-order valence-electron chi connectivity index (χ0n) is 16.1. The normalized spacial score (nSPS) is 14.6. The quantitative estimate of drug-likeness (QED) is 0.502. The minimum atomic E-state index is -5.57. The summed E-state index contributed by atoms with van der Waals surface area (Å²) in [5.74, 6) is -3.32. The molecule has 0 saturated carbocycles. The number of nitrogens with one attached hydrogen (secondary N) is 1. The van der Waals surface area contributed by atoms with Crippen LogP contribution in [0.5, 0.6) is 0 Å². The molecule has 11 heteroatoms. The molecule has 1 rings (SSSR count). The van der Waals surface area contributed by atoms with Crippen LogP contribution in [-0.4, -0.2) is 42.7 Å². The van der Waals surface area contributed by atoms with Gasteiger partial charge in [0, 0.05) is 5.56 Å². The maximum absolute atomic E-state index is 14.2. The first-order valence-electron chi connectivity index (χ1n) is 8.30. The molecule has 0 bridgehead atoms. The molecular formula is C17H23F3NO6P. The average molecular weight is 425 g/mol. The van der Waals surface area contributed by atoms with Crippen molar-refractivity contribution in [3.63, 3.8) is 0 Å². The molecule has 1 amide bonds. The maximum atomic E-state index is 14.2. The van der Waals surface area contributed by atoms with E-state index in [0.29, 0.717) is 7.11 Å². The molecule has 28 heavy (non-hydrogen) atoms. The number of amides is 1. The number of rotatable bonds is 8. The number of carbonyl (C=O) groups excluding carboxylic acids is 2. The minimum absolute atomic E-state index is 0.194. The van der Waals surface area contributed by atoms with E-state index < -0.39 is 43.1 Å². The standard InChI is InChI=1S/C17H23F3NO6P/c1-11(2)26-28(24,27-12(3)4)16(15(23)25-5,17(18,19)20)21-14(22)13-9-7-6-8-10-13/h6-12H,1-5H3,(H,21,22)/t16-/m1/s1. The van der Waals surface area contributed by atoms with Crippen molar-refractivity contribution in [3.05, 3.63) is 35.9 Å². The highest BCUT2D eigenvalue weighted by Gasteiger charge is 2.76. The number of halogens is 3. The molecule has 0 aromatic heterocycles. The Kier molecular flexibility index (Phi) is 7.82. The number of ether oxygens (including phenoxy) is 1. The van der Waals surface area contributed by atoms with Gasteiger partial charge < -0.3 is 19.1 Å². The van der Waals surface area contributed by atoms with Gasteiger partial charge in [0.2, 0.25) is 0 Å². The Bertz CT molecular complexity index is 724. The first-order chi connectivity index (χ1) is 12.8. The van der Waals surface area contributed by atoms with Crippen LogP contribution in [0, 0.1) is 0 Å². The van der Waals surface area contributed by atoms with E-state index >= 15 is 0 Å². The molecule has 0 saturated heterocycles. The lowest BCUT2D eigenvalue weighted by atomic mass is 10.2. The topological polar surface area (TPSA) is 90.9 Å². The Hall–Kier alpha value is -1.90. The first-order valence-corrected chi connectivity index (χ1v) is 9.84. The second kappa shape index (κ2) is 9.07. The summed E-state index contributed by atoms with van der Waals surface area (Å²) in [5.41, 5.74) is -0.194. The fourth-order valence-electron chi connectivity index (χ4n) is 2.28. The molecule has 1 aromatic rings. The van der Waals surface area contributed by atoms with Crippen molar-refractivity contribution in [2.75, 3.05) is 7.11 Å². The van der Waals surface area contributed by atoms with Crippen LogP contribution in [0.15, 0.2) is 30.3 Å². The fourth-order valence-corrected chi connectivity index (χ4v) is 4.62. The molecule has 158 valence electrons. The van der Waals surface area contributed by atoms with Crippen molar-refractivity contribution in [2.45, 2.75) is 51.4 Å². The lowest BCUT2D eigenvalue weighted by molar-refractivity contribution is -0.195. The monoisotopic (exact) mass is 425 g/mol. The highest BCUT2D eigenvalue weighted by atomic mass is 31.2. The molecular weight excluding hydrogens is 402 g/mol. The Morgan fingerprint density at radius 1 is 1.00 bits per heavy atom. The third-order valence-corrected chi connectivity index (χ3v) is 6.10. The first kappa shape index (κ1) is 24.1. The summed E-state index contributed by atoms with van der Waals surface area (Å²) in [6.45, 7) is 5.25. The Morgan fingerprint density at radius 3 is 1.82 bits per heavy atom. The number of alkyl halides is 3. The minimum Gasteiger partial charge on any atom is -0.467 e. The zero-order chi connectivity index (χ0) is 21.8. The second-order valence-corrected chi connectivity index (χ2v) is 8.41. The maximum Gasteiger partial charge on any atom is 0.434 e. The molecule has 1 atom stereocenters. The van der Waals surface area contributed by atoms with Gasteiger partial charge in [0.15, 0.2) is 0 Å². The highest BCUT2D eigenvalue weighted by Crippen LogP contribution is 2.66. The lowest BCUT2D eigenvalue weighted by Gasteiger charge is -2.39. The third kappa shape index (κ3) is 4.92. The van der Waals surface area contributed by atoms with Crippen molar-refractivity contribution >= 4 is 19.5 Å². The van der Waals surface area contributed by atoms with Gasteiger partial charge in [-0.25, -0.2) is 4.79 Å². The van der Waals surface area contributed by atoms with Crippen LogP contribution in [0.2, 0.25) is 0 Å². The summed E-state index contributed by atoms with van der Waals surface area (Å²) in [6, 6.07) is 6.83. The van der Waals surface area contributed by atoms with Gasteiger partial charge in [-0.3, -0.25) is 9.36 Å². The van der Waals surface area contributed by atoms with E-state index in [1.54, 1.807) is 6.07 Å². The molecule has 7 nitrogen and oxygen atoms in total. The Labute approximate surface area is 161 Å². The van der Waals surface area contributed by atoms with Crippen LogP contribution in [0.1, 0.15) is 38.1 Å². The molecule has 1 N–H and O–H groups in total. The van der Waals surface area contributed by atoms with E-state index in [0.717, 1.165) is 0 Å².